The van der Waals surface area contributed by atoms with E-state index in [9.17, 15) is 4.79 Å². The van der Waals surface area contributed by atoms with Gasteiger partial charge in [-0.2, -0.15) is 0 Å². The fourth-order valence-corrected chi connectivity index (χ4v) is 2.13. The summed E-state index contributed by atoms with van der Waals surface area (Å²) in [7, 11) is 0. The first-order valence-electron chi connectivity index (χ1n) is 6.53. The van der Waals surface area contributed by atoms with E-state index in [0.717, 1.165) is 23.4 Å². The summed E-state index contributed by atoms with van der Waals surface area (Å²) in [4.78, 5) is 11.7. The normalized spacial score (nSPS) is 21.1. The lowest BCUT2D eigenvalue weighted by molar-refractivity contribution is -0.122. The van der Waals surface area contributed by atoms with Gasteiger partial charge in [0.2, 0.25) is 5.91 Å². The Labute approximate surface area is 111 Å². The van der Waals surface area contributed by atoms with Gasteiger partial charge in [-0.3, -0.25) is 4.79 Å². The minimum absolute atomic E-state index is 0.122. The lowest BCUT2D eigenvalue weighted by Gasteiger charge is -2.00. The van der Waals surface area contributed by atoms with E-state index in [2.05, 4.69) is 17.4 Å². The first kappa shape index (κ1) is 12.0. The van der Waals surface area contributed by atoms with Gasteiger partial charge in [0.25, 0.3) is 0 Å². The molecule has 1 heterocycles. The molecule has 1 aliphatic carbocycles. The van der Waals surface area contributed by atoms with Crippen molar-refractivity contribution >= 4 is 5.91 Å². The van der Waals surface area contributed by atoms with Crippen LogP contribution in [-0.2, 0) is 11.3 Å². The van der Waals surface area contributed by atoms with Gasteiger partial charge in [0.15, 0.2) is 5.76 Å². The molecule has 3 rings (SSSR count). The van der Waals surface area contributed by atoms with Crippen LogP contribution in [0, 0.1) is 11.8 Å². The van der Waals surface area contributed by atoms with Crippen LogP contribution in [0.25, 0.3) is 11.3 Å². The number of carbonyl (C=O) groups is 1. The third-order valence-electron chi connectivity index (χ3n) is 3.51. The molecule has 19 heavy (non-hydrogen) atoms. The predicted octanol–water partition coefficient (Wildman–Crippen LogP) is 2.61. The van der Waals surface area contributed by atoms with E-state index < -0.39 is 0 Å². The highest BCUT2D eigenvalue weighted by Gasteiger charge is 2.38. The number of nitrogens with one attached hydrogen (secondary N) is 1. The summed E-state index contributed by atoms with van der Waals surface area (Å²) in [5.41, 5.74) is 1.74. The predicted molar refractivity (Wildman–Crippen MR) is 71.1 cm³/mol. The van der Waals surface area contributed by atoms with Gasteiger partial charge in [0.05, 0.1) is 6.54 Å². The molecular weight excluding hydrogens is 240 g/mol. The third kappa shape index (κ3) is 2.67. The zero-order valence-corrected chi connectivity index (χ0v) is 10.8. The monoisotopic (exact) mass is 256 g/mol. The number of carbonyl (C=O) groups excluding carboxylic acids is 1. The van der Waals surface area contributed by atoms with Crippen molar-refractivity contribution < 1.29 is 9.32 Å². The molecule has 0 aliphatic heterocycles. The second-order valence-corrected chi connectivity index (χ2v) is 5.09. The number of amides is 1. The van der Waals surface area contributed by atoms with Gasteiger partial charge < -0.3 is 9.84 Å². The fraction of sp³-hybridized carbons (Fsp3) is 0.333. The molecule has 0 radical (unpaired) electrons. The summed E-state index contributed by atoms with van der Waals surface area (Å²) in [6.07, 6.45) is 1.000. The molecule has 2 aromatic rings. The first-order valence-corrected chi connectivity index (χ1v) is 6.53. The molecule has 1 N–H and O–H groups in total. The second-order valence-electron chi connectivity index (χ2n) is 5.09. The minimum atomic E-state index is 0.122. The molecular formula is C15H16N2O2. The molecule has 2 atom stereocenters. The van der Waals surface area contributed by atoms with Gasteiger partial charge in [-0.15, -0.1) is 0 Å². The smallest absolute Gasteiger partial charge is 0.223 e. The van der Waals surface area contributed by atoms with Crippen LogP contribution in [0.15, 0.2) is 40.9 Å². The van der Waals surface area contributed by atoms with Gasteiger partial charge in [-0.25, -0.2) is 0 Å². The summed E-state index contributed by atoms with van der Waals surface area (Å²) in [5, 5.41) is 6.87. The average molecular weight is 256 g/mol. The van der Waals surface area contributed by atoms with Crippen LogP contribution >= 0.6 is 0 Å². The molecule has 4 nitrogen and oxygen atoms in total. The van der Waals surface area contributed by atoms with E-state index >= 15 is 0 Å². The van der Waals surface area contributed by atoms with Crippen molar-refractivity contribution in [2.24, 2.45) is 11.8 Å². The summed E-state index contributed by atoms with van der Waals surface area (Å²) < 4.78 is 5.28. The minimum Gasteiger partial charge on any atom is -0.356 e. The molecule has 1 aliphatic rings. The molecule has 98 valence electrons. The van der Waals surface area contributed by atoms with Crippen molar-refractivity contribution in [3.8, 4) is 11.3 Å². The van der Waals surface area contributed by atoms with E-state index in [-0.39, 0.29) is 11.8 Å². The van der Waals surface area contributed by atoms with Gasteiger partial charge in [-0.05, 0) is 12.3 Å². The molecule has 1 amide bonds. The van der Waals surface area contributed by atoms with Gasteiger partial charge in [0.1, 0.15) is 5.69 Å². The zero-order chi connectivity index (χ0) is 13.2. The van der Waals surface area contributed by atoms with E-state index in [1.165, 1.54) is 0 Å². The van der Waals surface area contributed by atoms with E-state index in [1.807, 2.05) is 36.4 Å². The van der Waals surface area contributed by atoms with Crippen molar-refractivity contribution in [1.82, 2.24) is 10.5 Å². The summed E-state index contributed by atoms with van der Waals surface area (Å²) in [6.45, 7) is 2.52. The largest absolute Gasteiger partial charge is 0.356 e. The summed E-state index contributed by atoms with van der Waals surface area (Å²) >= 11 is 0. The van der Waals surface area contributed by atoms with Crippen LogP contribution < -0.4 is 5.32 Å². The van der Waals surface area contributed by atoms with Crippen LogP contribution in [-0.4, -0.2) is 11.1 Å². The summed E-state index contributed by atoms with van der Waals surface area (Å²) in [5.74, 6) is 1.57. The second kappa shape index (κ2) is 4.88. The molecule has 4 heteroatoms. The van der Waals surface area contributed by atoms with Crippen molar-refractivity contribution in [2.45, 2.75) is 19.9 Å². The molecule has 1 aromatic carbocycles. The van der Waals surface area contributed by atoms with Crippen LogP contribution in [0.2, 0.25) is 0 Å². The number of hydrogen-bond acceptors (Lipinski definition) is 3. The Balaban J connectivity index is 1.61. The maximum atomic E-state index is 11.7. The standard InChI is InChI=1S/C15H16N2O2/c1-10-7-13(10)15(18)16-9-12-8-14(19-17-12)11-5-3-2-4-6-11/h2-6,8,10,13H,7,9H2,1H3,(H,16,18)/t10-,13-/m0/s1. The Bertz CT molecular complexity index is 577. The SMILES string of the molecule is C[C@H]1C[C@@H]1C(=O)NCc1cc(-c2ccccc2)on1. The Morgan fingerprint density at radius 3 is 2.84 bits per heavy atom. The molecule has 0 spiro atoms. The molecule has 1 fully saturated rings. The lowest BCUT2D eigenvalue weighted by atomic mass is 10.1. The molecule has 1 saturated carbocycles. The molecule has 0 unspecified atom stereocenters. The maximum Gasteiger partial charge on any atom is 0.223 e. The Hall–Kier alpha value is -2.10. The van der Waals surface area contributed by atoms with Crippen LogP contribution in [0.4, 0.5) is 0 Å². The third-order valence-corrected chi connectivity index (χ3v) is 3.51. The molecule has 0 saturated heterocycles. The van der Waals surface area contributed by atoms with Crippen LogP contribution in [0.3, 0.4) is 0 Å². The van der Waals surface area contributed by atoms with Gasteiger partial charge in [0, 0.05) is 17.5 Å². The number of rotatable bonds is 4. The maximum absolute atomic E-state index is 11.7. The highest BCUT2D eigenvalue weighted by molar-refractivity contribution is 5.81. The molecule has 0 bridgehead atoms. The Morgan fingerprint density at radius 2 is 2.16 bits per heavy atom. The highest BCUT2D eigenvalue weighted by atomic mass is 16.5. The quantitative estimate of drug-likeness (QED) is 0.914. The summed E-state index contributed by atoms with van der Waals surface area (Å²) in [6, 6.07) is 11.7. The van der Waals surface area contributed by atoms with Crippen LogP contribution in [0.1, 0.15) is 19.0 Å². The van der Waals surface area contributed by atoms with Crippen molar-refractivity contribution in [1.29, 1.82) is 0 Å². The highest BCUT2D eigenvalue weighted by Crippen LogP contribution is 2.37. The average Bonchev–Trinajstić information content (AvgIpc) is 3.00. The lowest BCUT2D eigenvalue weighted by Crippen LogP contribution is -2.24. The van der Waals surface area contributed by atoms with Gasteiger partial charge in [-0.1, -0.05) is 42.4 Å². The number of nitrogens with zero attached hydrogens (tertiary/aromatic N) is 1. The van der Waals surface area contributed by atoms with E-state index in [1.54, 1.807) is 0 Å². The molecule has 1 aromatic heterocycles. The Morgan fingerprint density at radius 1 is 1.42 bits per heavy atom. The zero-order valence-electron chi connectivity index (χ0n) is 10.8. The fourth-order valence-electron chi connectivity index (χ4n) is 2.13. The van der Waals surface area contributed by atoms with Crippen LogP contribution in [0.5, 0.6) is 0 Å². The topological polar surface area (TPSA) is 55.1 Å². The van der Waals surface area contributed by atoms with Crippen molar-refractivity contribution in [2.75, 3.05) is 0 Å². The van der Waals surface area contributed by atoms with Gasteiger partial charge >= 0.3 is 0 Å². The van der Waals surface area contributed by atoms with E-state index in [4.69, 9.17) is 4.52 Å². The number of benzene rings is 1. The number of aromatic nitrogens is 1. The first-order chi connectivity index (χ1) is 9.24. The van der Waals surface area contributed by atoms with Crippen molar-refractivity contribution in [3.63, 3.8) is 0 Å². The number of hydrogen-bond donors (Lipinski definition) is 1. The Kier molecular flexibility index (Phi) is 3.07. The van der Waals surface area contributed by atoms with E-state index in [0.29, 0.717) is 12.5 Å². The van der Waals surface area contributed by atoms with Crippen molar-refractivity contribution in [3.05, 3.63) is 42.1 Å².